The number of nitrogens with one attached hydrogen (secondary N) is 1. The molecule has 0 spiro atoms. The Bertz CT molecular complexity index is 1070. The zero-order chi connectivity index (χ0) is 20.3. The Hall–Kier alpha value is -1.94. The van der Waals surface area contributed by atoms with Crippen LogP contribution in [0.4, 0.5) is 4.39 Å². The van der Waals surface area contributed by atoms with Gasteiger partial charge in [0.1, 0.15) is 11.6 Å². The molecule has 0 aliphatic rings. The van der Waals surface area contributed by atoms with E-state index in [1.165, 1.54) is 17.8 Å². The van der Waals surface area contributed by atoms with Gasteiger partial charge in [-0.15, -0.1) is 10.2 Å². The maximum atomic E-state index is 13.9. The first-order valence-electron chi connectivity index (χ1n) is 8.28. The third kappa shape index (κ3) is 4.72. The van der Waals surface area contributed by atoms with E-state index in [4.69, 9.17) is 11.6 Å². The van der Waals surface area contributed by atoms with Gasteiger partial charge in [-0.2, -0.15) is 0 Å². The van der Waals surface area contributed by atoms with Crippen LogP contribution < -0.4 is 4.72 Å². The molecule has 1 heterocycles. The maximum absolute atomic E-state index is 13.9. The standard InChI is InChI=1S/C18H18ClFN4O2S2/c1-12-6-8-13(9-7-12)28(25,26)21-10-17-22-23-18(24(17)2)27-11-14-15(19)4-3-5-16(14)20/h3-9,21H,10-11H2,1-2H3. The summed E-state index contributed by atoms with van der Waals surface area (Å²) in [6.45, 7) is 1.87. The highest BCUT2D eigenvalue weighted by Gasteiger charge is 2.17. The SMILES string of the molecule is Cc1ccc(S(=O)(=O)NCc2nnc(SCc3c(F)cccc3Cl)n2C)cc1. The van der Waals surface area contributed by atoms with Gasteiger partial charge in [0.05, 0.1) is 11.4 Å². The molecule has 0 bridgehead atoms. The fourth-order valence-electron chi connectivity index (χ4n) is 2.39. The van der Waals surface area contributed by atoms with Crippen molar-refractivity contribution in [2.75, 3.05) is 0 Å². The zero-order valence-corrected chi connectivity index (χ0v) is 17.6. The maximum Gasteiger partial charge on any atom is 0.240 e. The van der Waals surface area contributed by atoms with Gasteiger partial charge in [0.25, 0.3) is 0 Å². The van der Waals surface area contributed by atoms with Gasteiger partial charge in [0.2, 0.25) is 10.0 Å². The molecule has 3 rings (SSSR count). The third-order valence-electron chi connectivity index (χ3n) is 4.08. The van der Waals surface area contributed by atoms with Crippen molar-refractivity contribution in [1.82, 2.24) is 19.5 Å². The number of nitrogens with zero attached hydrogens (tertiary/aromatic N) is 3. The smallest absolute Gasteiger partial charge is 0.240 e. The molecule has 0 radical (unpaired) electrons. The minimum absolute atomic E-state index is 0.0132. The van der Waals surface area contributed by atoms with E-state index in [-0.39, 0.29) is 23.0 Å². The molecule has 0 aliphatic carbocycles. The van der Waals surface area contributed by atoms with E-state index in [0.29, 0.717) is 21.6 Å². The monoisotopic (exact) mass is 440 g/mol. The Morgan fingerprint density at radius 1 is 1.18 bits per heavy atom. The van der Waals surface area contributed by atoms with Crippen LogP contribution in [0.1, 0.15) is 17.0 Å². The van der Waals surface area contributed by atoms with Gasteiger partial charge in [-0.1, -0.05) is 47.1 Å². The van der Waals surface area contributed by atoms with Crippen molar-refractivity contribution in [2.24, 2.45) is 7.05 Å². The number of hydrogen-bond acceptors (Lipinski definition) is 5. The van der Waals surface area contributed by atoms with Crippen LogP contribution in [0.2, 0.25) is 5.02 Å². The molecule has 0 saturated carbocycles. The molecule has 1 aromatic heterocycles. The van der Waals surface area contributed by atoms with Crippen LogP contribution in [0.3, 0.4) is 0 Å². The zero-order valence-electron chi connectivity index (χ0n) is 15.2. The predicted octanol–water partition coefficient (Wildman–Crippen LogP) is 3.69. The fraction of sp³-hybridized carbons (Fsp3) is 0.222. The van der Waals surface area contributed by atoms with Crippen LogP contribution in [0, 0.1) is 12.7 Å². The number of thioether (sulfide) groups is 1. The normalized spacial score (nSPS) is 11.7. The lowest BCUT2D eigenvalue weighted by Gasteiger charge is -2.08. The third-order valence-corrected chi connectivity index (χ3v) is 6.90. The molecule has 0 saturated heterocycles. The van der Waals surface area contributed by atoms with Crippen LogP contribution >= 0.6 is 23.4 Å². The lowest BCUT2D eigenvalue weighted by Crippen LogP contribution is -2.24. The number of rotatable bonds is 7. The minimum Gasteiger partial charge on any atom is -0.308 e. The average molecular weight is 441 g/mol. The molecule has 148 valence electrons. The summed E-state index contributed by atoms with van der Waals surface area (Å²) in [6, 6.07) is 11.1. The number of halogens is 2. The van der Waals surface area contributed by atoms with E-state index < -0.39 is 10.0 Å². The second-order valence-corrected chi connectivity index (χ2v) is 9.20. The predicted molar refractivity (Wildman–Crippen MR) is 107 cm³/mol. The fourth-order valence-corrected chi connectivity index (χ4v) is 4.65. The molecule has 6 nitrogen and oxygen atoms in total. The highest BCUT2D eigenvalue weighted by atomic mass is 35.5. The van der Waals surface area contributed by atoms with E-state index in [2.05, 4.69) is 14.9 Å². The molecule has 1 N–H and O–H groups in total. The van der Waals surface area contributed by atoms with Gasteiger partial charge in [-0.05, 0) is 31.2 Å². The van der Waals surface area contributed by atoms with Gasteiger partial charge >= 0.3 is 0 Å². The largest absolute Gasteiger partial charge is 0.308 e. The van der Waals surface area contributed by atoms with Gasteiger partial charge in [-0.25, -0.2) is 17.5 Å². The van der Waals surface area contributed by atoms with Crippen LogP contribution in [0.15, 0.2) is 52.5 Å². The molecule has 10 heteroatoms. The van der Waals surface area contributed by atoms with Gasteiger partial charge < -0.3 is 4.57 Å². The minimum atomic E-state index is -3.65. The first-order valence-corrected chi connectivity index (χ1v) is 11.1. The van der Waals surface area contributed by atoms with Crippen molar-refractivity contribution in [3.63, 3.8) is 0 Å². The summed E-state index contributed by atoms with van der Waals surface area (Å²) in [5.41, 5.74) is 1.36. The second-order valence-electron chi connectivity index (χ2n) is 6.08. The first-order chi connectivity index (χ1) is 13.3. The molecule has 0 amide bonds. The molecular weight excluding hydrogens is 423 g/mol. The first kappa shape index (κ1) is 20.8. The van der Waals surface area contributed by atoms with Crippen LogP contribution in [-0.4, -0.2) is 23.2 Å². The van der Waals surface area contributed by atoms with E-state index in [1.54, 1.807) is 48.0 Å². The summed E-state index contributed by atoms with van der Waals surface area (Å²) in [6.07, 6.45) is 0. The summed E-state index contributed by atoms with van der Waals surface area (Å²) in [7, 11) is -1.93. The van der Waals surface area contributed by atoms with Gasteiger partial charge in [0.15, 0.2) is 5.16 Å². The van der Waals surface area contributed by atoms with Crippen molar-refractivity contribution >= 4 is 33.4 Å². The summed E-state index contributed by atoms with van der Waals surface area (Å²) in [4.78, 5) is 0.184. The topological polar surface area (TPSA) is 76.9 Å². The van der Waals surface area contributed by atoms with E-state index in [9.17, 15) is 12.8 Å². The highest BCUT2D eigenvalue weighted by molar-refractivity contribution is 7.98. The molecule has 3 aromatic rings. The van der Waals surface area contributed by atoms with Crippen LogP contribution in [0.25, 0.3) is 0 Å². The Morgan fingerprint density at radius 2 is 1.89 bits per heavy atom. The molecule has 0 aliphatic heterocycles. The highest BCUT2D eigenvalue weighted by Crippen LogP contribution is 2.27. The summed E-state index contributed by atoms with van der Waals surface area (Å²) in [5, 5.41) is 8.95. The second kappa shape index (κ2) is 8.60. The summed E-state index contributed by atoms with van der Waals surface area (Å²) < 4.78 is 42.8. The number of aromatic nitrogens is 3. The number of aryl methyl sites for hydroxylation is 1. The molecular formula is C18H18ClFN4O2S2. The Labute approximate surface area is 172 Å². The summed E-state index contributed by atoms with van der Waals surface area (Å²) in [5.74, 6) is 0.345. The van der Waals surface area contributed by atoms with Crippen molar-refractivity contribution in [3.8, 4) is 0 Å². The van der Waals surface area contributed by atoms with Crippen LogP contribution in [-0.2, 0) is 29.4 Å². The molecule has 0 unspecified atom stereocenters. The lowest BCUT2D eigenvalue weighted by molar-refractivity contribution is 0.576. The van der Waals surface area contributed by atoms with Crippen LogP contribution in [0.5, 0.6) is 0 Å². The van der Waals surface area contributed by atoms with E-state index in [1.807, 2.05) is 6.92 Å². The molecule has 2 aromatic carbocycles. The quantitative estimate of drug-likeness (QED) is 0.567. The van der Waals surface area contributed by atoms with Crippen molar-refractivity contribution < 1.29 is 12.8 Å². The summed E-state index contributed by atoms with van der Waals surface area (Å²) >= 11 is 7.30. The number of benzene rings is 2. The lowest BCUT2D eigenvalue weighted by atomic mass is 10.2. The number of sulfonamides is 1. The van der Waals surface area contributed by atoms with Crippen molar-refractivity contribution in [2.45, 2.75) is 29.3 Å². The Kier molecular flexibility index (Phi) is 6.39. The Balaban J connectivity index is 1.67. The molecule has 0 atom stereocenters. The average Bonchev–Trinajstić information content (AvgIpc) is 3.00. The van der Waals surface area contributed by atoms with E-state index >= 15 is 0 Å². The molecule has 0 fully saturated rings. The molecule has 28 heavy (non-hydrogen) atoms. The van der Waals surface area contributed by atoms with Gasteiger partial charge in [-0.3, -0.25) is 0 Å². The van der Waals surface area contributed by atoms with E-state index in [0.717, 1.165) is 5.56 Å². The van der Waals surface area contributed by atoms with Crippen molar-refractivity contribution in [3.05, 3.63) is 70.3 Å². The Morgan fingerprint density at radius 3 is 2.57 bits per heavy atom. The number of hydrogen-bond donors (Lipinski definition) is 1. The van der Waals surface area contributed by atoms with Gasteiger partial charge in [0, 0.05) is 23.4 Å². The van der Waals surface area contributed by atoms with Crippen molar-refractivity contribution in [1.29, 1.82) is 0 Å².